The molecule has 29 heavy (non-hydrogen) atoms. The van der Waals surface area contributed by atoms with E-state index in [1.54, 1.807) is 36.7 Å². The Kier molecular flexibility index (Phi) is 6.96. The molecule has 0 fully saturated rings. The number of aromatic nitrogens is 4. The molecular weight excluding hydrogens is 390 g/mol. The first-order valence-electron chi connectivity index (χ1n) is 9.08. The van der Waals surface area contributed by atoms with Gasteiger partial charge in [0, 0.05) is 30.7 Å². The summed E-state index contributed by atoms with van der Waals surface area (Å²) in [6, 6.07) is 10.3. The maximum Gasteiger partial charge on any atom is 0.338 e. The van der Waals surface area contributed by atoms with Crippen molar-refractivity contribution < 1.29 is 14.3 Å². The van der Waals surface area contributed by atoms with Gasteiger partial charge in [0.1, 0.15) is 0 Å². The van der Waals surface area contributed by atoms with E-state index in [0.717, 1.165) is 12.0 Å². The standard InChI is InChI=1S/C20H21N5O3S/c1-3-12-28-19(27)15-4-6-16(7-5-15)22-17(26)13-29-20-24-23-18(25(20)2)14-8-10-21-11-9-14/h4-11H,3,12-13H2,1-2H3,(H,22,26). The third kappa shape index (κ3) is 5.41. The minimum Gasteiger partial charge on any atom is -0.462 e. The molecule has 0 bridgehead atoms. The van der Waals surface area contributed by atoms with Gasteiger partial charge in [-0.05, 0) is 42.8 Å². The fourth-order valence-electron chi connectivity index (χ4n) is 2.49. The van der Waals surface area contributed by atoms with E-state index >= 15 is 0 Å². The number of benzene rings is 1. The summed E-state index contributed by atoms with van der Waals surface area (Å²) >= 11 is 1.29. The van der Waals surface area contributed by atoms with Crippen LogP contribution in [0, 0.1) is 0 Å². The lowest BCUT2D eigenvalue weighted by Crippen LogP contribution is -2.14. The molecular formula is C20H21N5O3S. The number of carbonyl (C=O) groups excluding carboxylic acids is 2. The minimum atomic E-state index is -0.368. The van der Waals surface area contributed by atoms with Gasteiger partial charge in [-0.3, -0.25) is 9.78 Å². The van der Waals surface area contributed by atoms with E-state index in [2.05, 4.69) is 20.5 Å². The van der Waals surface area contributed by atoms with Crippen molar-refractivity contribution in [1.82, 2.24) is 19.7 Å². The zero-order valence-corrected chi connectivity index (χ0v) is 17.0. The number of hydrogen-bond donors (Lipinski definition) is 1. The van der Waals surface area contributed by atoms with E-state index in [1.807, 2.05) is 30.7 Å². The molecule has 0 saturated carbocycles. The van der Waals surface area contributed by atoms with Gasteiger partial charge >= 0.3 is 5.97 Å². The van der Waals surface area contributed by atoms with E-state index in [4.69, 9.17) is 4.74 Å². The molecule has 2 aromatic heterocycles. The zero-order valence-electron chi connectivity index (χ0n) is 16.2. The number of esters is 1. The maximum atomic E-state index is 12.2. The summed E-state index contributed by atoms with van der Waals surface area (Å²) in [6.07, 6.45) is 4.16. The number of thioether (sulfide) groups is 1. The summed E-state index contributed by atoms with van der Waals surface area (Å²) in [7, 11) is 1.85. The smallest absolute Gasteiger partial charge is 0.338 e. The fourth-order valence-corrected chi connectivity index (χ4v) is 3.20. The summed E-state index contributed by atoms with van der Waals surface area (Å²) in [6.45, 7) is 2.32. The van der Waals surface area contributed by atoms with Crippen LogP contribution in [0.2, 0.25) is 0 Å². The molecule has 9 heteroatoms. The number of amides is 1. The summed E-state index contributed by atoms with van der Waals surface area (Å²) in [4.78, 5) is 28.0. The van der Waals surface area contributed by atoms with E-state index in [0.29, 0.717) is 28.8 Å². The van der Waals surface area contributed by atoms with Gasteiger partial charge in [0.25, 0.3) is 0 Å². The summed E-state index contributed by atoms with van der Waals surface area (Å²) in [5.74, 6) is 0.348. The van der Waals surface area contributed by atoms with Crippen molar-refractivity contribution in [1.29, 1.82) is 0 Å². The van der Waals surface area contributed by atoms with Crippen molar-refractivity contribution in [2.45, 2.75) is 18.5 Å². The summed E-state index contributed by atoms with van der Waals surface area (Å²) < 4.78 is 6.92. The second-order valence-corrected chi connectivity index (χ2v) is 7.09. The monoisotopic (exact) mass is 411 g/mol. The molecule has 0 aliphatic rings. The number of nitrogens with one attached hydrogen (secondary N) is 1. The van der Waals surface area contributed by atoms with E-state index in [9.17, 15) is 9.59 Å². The average Bonchev–Trinajstić information content (AvgIpc) is 3.12. The molecule has 0 atom stereocenters. The molecule has 0 radical (unpaired) electrons. The number of pyridine rings is 1. The highest BCUT2D eigenvalue weighted by Crippen LogP contribution is 2.22. The van der Waals surface area contributed by atoms with Crippen molar-refractivity contribution in [3.8, 4) is 11.4 Å². The van der Waals surface area contributed by atoms with Crippen molar-refractivity contribution in [2.75, 3.05) is 17.7 Å². The van der Waals surface area contributed by atoms with E-state index < -0.39 is 0 Å². The normalized spacial score (nSPS) is 10.6. The van der Waals surface area contributed by atoms with Crippen LogP contribution >= 0.6 is 11.8 Å². The molecule has 3 rings (SSSR count). The molecule has 1 aromatic carbocycles. The Morgan fingerprint density at radius 2 is 1.83 bits per heavy atom. The van der Waals surface area contributed by atoms with Crippen LogP contribution in [0.3, 0.4) is 0 Å². The molecule has 3 aromatic rings. The topological polar surface area (TPSA) is 99.0 Å². The van der Waals surface area contributed by atoms with Gasteiger partial charge in [0.05, 0.1) is 17.9 Å². The van der Waals surface area contributed by atoms with E-state index in [-0.39, 0.29) is 17.6 Å². The Balaban J connectivity index is 1.54. The molecule has 1 N–H and O–H groups in total. The number of nitrogens with zero attached hydrogens (tertiary/aromatic N) is 4. The number of rotatable bonds is 8. The number of ether oxygens (including phenoxy) is 1. The Labute approximate surface area is 172 Å². The Morgan fingerprint density at radius 3 is 2.52 bits per heavy atom. The Morgan fingerprint density at radius 1 is 1.10 bits per heavy atom. The molecule has 0 aliphatic carbocycles. The van der Waals surface area contributed by atoms with Crippen LogP contribution in [-0.2, 0) is 16.6 Å². The quantitative estimate of drug-likeness (QED) is 0.449. The van der Waals surface area contributed by atoms with Gasteiger partial charge in [0.2, 0.25) is 5.91 Å². The predicted molar refractivity (Wildman–Crippen MR) is 111 cm³/mol. The predicted octanol–water partition coefficient (Wildman–Crippen LogP) is 3.17. The molecule has 150 valence electrons. The lowest BCUT2D eigenvalue weighted by Gasteiger charge is -2.07. The first kappa shape index (κ1) is 20.5. The lowest BCUT2D eigenvalue weighted by atomic mass is 10.2. The van der Waals surface area contributed by atoms with Crippen LogP contribution in [0.5, 0.6) is 0 Å². The third-order valence-electron chi connectivity index (χ3n) is 3.95. The second kappa shape index (κ2) is 9.83. The Hall–Kier alpha value is -3.20. The second-order valence-electron chi connectivity index (χ2n) is 6.15. The number of carbonyl (C=O) groups is 2. The zero-order chi connectivity index (χ0) is 20.6. The average molecular weight is 411 g/mol. The molecule has 0 aliphatic heterocycles. The van der Waals surface area contributed by atoms with Crippen LogP contribution in [0.15, 0.2) is 53.9 Å². The van der Waals surface area contributed by atoms with Crippen molar-refractivity contribution in [3.05, 3.63) is 54.4 Å². The maximum absolute atomic E-state index is 12.2. The van der Waals surface area contributed by atoms with Crippen LogP contribution in [0.1, 0.15) is 23.7 Å². The largest absolute Gasteiger partial charge is 0.462 e. The highest BCUT2D eigenvalue weighted by Gasteiger charge is 2.13. The SMILES string of the molecule is CCCOC(=O)c1ccc(NC(=O)CSc2nnc(-c3ccncc3)n2C)cc1. The first-order valence-corrected chi connectivity index (χ1v) is 10.1. The van der Waals surface area contributed by atoms with Gasteiger partial charge in [-0.1, -0.05) is 18.7 Å². The van der Waals surface area contributed by atoms with Gasteiger partial charge in [-0.15, -0.1) is 10.2 Å². The highest BCUT2D eigenvalue weighted by atomic mass is 32.2. The molecule has 2 heterocycles. The van der Waals surface area contributed by atoms with Gasteiger partial charge in [-0.25, -0.2) is 4.79 Å². The number of hydrogen-bond acceptors (Lipinski definition) is 7. The molecule has 0 spiro atoms. The molecule has 1 amide bonds. The minimum absolute atomic E-state index is 0.176. The summed E-state index contributed by atoms with van der Waals surface area (Å²) in [5.41, 5.74) is 1.97. The third-order valence-corrected chi connectivity index (χ3v) is 4.97. The highest BCUT2D eigenvalue weighted by molar-refractivity contribution is 7.99. The van der Waals surface area contributed by atoms with Crippen LogP contribution in [0.4, 0.5) is 5.69 Å². The fraction of sp³-hybridized carbons (Fsp3) is 0.250. The first-order chi connectivity index (χ1) is 14.1. The van der Waals surface area contributed by atoms with Crippen molar-refractivity contribution >= 4 is 29.3 Å². The van der Waals surface area contributed by atoms with Crippen molar-refractivity contribution in [3.63, 3.8) is 0 Å². The van der Waals surface area contributed by atoms with Gasteiger partial charge in [-0.2, -0.15) is 0 Å². The van der Waals surface area contributed by atoms with Gasteiger partial charge in [0.15, 0.2) is 11.0 Å². The van der Waals surface area contributed by atoms with Crippen LogP contribution in [-0.4, -0.2) is 44.0 Å². The van der Waals surface area contributed by atoms with E-state index in [1.165, 1.54) is 11.8 Å². The molecule has 0 saturated heterocycles. The Bertz CT molecular complexity index is 974. The molecule has 8 nitrogen and oxygen atoms in total. The van der Waals surface area contributed by atoms with Crippen LogP contribution < -0.4 is 5.32 Å². The van der Waals surface area contributed by atoms with Crippen LogP contribution in [0.25, 0.3) is 11.4 Å². The van der Waals surface area contributed by atoms with Gasteiger partial charge < -0.3 is 14.6 Å². The van der Waals surface area contributed by atoms with Crippen molar-refractivity contribution in [2.24, 2.45) is 7.05 Å². The molecule has 0 unspecified atom stereocenters. The summed E-state index contributed by atoms with van der Waals surface area (Å²) in [5, 5.41) is 11.8. The number of anilines is 1. The lowest BCUT2D eigenvalue weighted by molar-refractivity contribution is -0.113.